The molecule has 0 atom stereocenters. The van der Waals surface area contributed by atoms with Gasteiger partial charge in [0, 0.05) is 18.4 Å². The van der Waals surface area contributed by atoms with Crippen molar-refractivity contribution in [3.8, 4) is 11.6 Å². The molecule has 15 heteroatoms. The van der Waals surface area contributed by atoms with Gasteiger partial charge in [0.1, 0.15) is 12.1 Å². The maximum Gasteiger partial charge on any atom is 0.293 e. The molecule has 1 aromatic carbocycles. The number of phenols is 1. The molecule has 3 heterocycles. The first-order valence-electron chi connectivity index (χ1n) is 9.08. The van der Waals surface area contributed by atoms with Crippen LogP contribution in [0.15, 0.2) is 45.5 Å². The lowest BCUT2D eigenvalue weighted by atomic mass is 10.1. The predicted molar refractivity (Wildman–Crippen MR) is 112 cm³/mol. The molecule has 0 saturated heterocycles. The van der Waals surface area contributed by atoms with Crippen molar-refractivity contribution < 1.29 is 14.5 Å². The van der Waals surface area contributed by atoms with E-state index in [2.05, 4.69) is 46.0 Å². The van der Waals surface area contributed by atoms with Crippen molar-refractivity contribution in [2.75, 3.05) is 5.73 Å². The summed E-state index contributed by atoms with van der Waals surface area (Å²) in [6, 6.07) is 6.50. The molecule has 0 saturated carbocycles. The number of hydrazone groups is 1. The molecule has 3 aromatic heterocycles. The van der Waals surface area contributed by atoms with Crippen molar-refractivity contribution in [2.45, 2.75) is 17.8 Å². The van der Waals surface area contributed by atoms with Crippen LogP contribution >= 0.6 is 11.8 Å². The number of carbonyl (C=O) groups is 1. The van der Waals surface area contributed by atoms with Crippen LogP contribution < -0.4 is 11.2 Å². The second-order valence-electron chi connectivity index (χ2n) is 6.47. The lowest BCUT2D eigenvalue weighted by Gasteiger charge is -2.06. The van der Waals surface area contributed by atoms with Crippen molar-refractivity contribution in [1.82, 2.24) is 45.5 Å². The molecule has 0 radical (unpaired) electrons. The largest absolute Gasteiger partial charge is 0.508 e. The summed E-state index contributed by atoms with van der Waals surface area (Å²) in [7, 11) is 1.80. The Labute approximate surface area is 184 Å². The SMILES string of the molecule is CC(=NNC(=O)c1nnn(-c2nonc2N)c1CSc1nncn1C)c1cccc(O)c1. The fourth-order valence-electron chi connectivity index (χ4n) is 2.63. The van der Waals surface area contributed by atoms with Crippen molar-refractivity contribution in [1.29, 1.82) is 0 Å². The van der Waals surface area contributed by atoms with Gasteiger partial charge in [0.25, 0.3) is 5.91 Å². The zero-order valence-corrected chi connectivity index (χ0v) is 17.7. The van der Waals surface area contributed by atoms with Crippen LogP contribution in [0.25, 0.3) is 5.82 Å². The van der Waals surface area contributed by atoms with Gasteiger partial charge in [-0.1, -0.05) is 29.1 Å². The monoisotopic (exact) mass is 455 g/mol. The second kappa shape index (κ2) is 8.84. The quantitative estimate of drug-likeness (QED) is 0.200. The highest BCUT2D eigenvalue weighted by Gasteiger charge is 2.24. The number of aromatic hydroxyl groups is 1. The normalized spacial score (nSPS) is 11.6. The first kappa shape index (κ1) is 21.0. The van der Waals surface area contributed by atoms with Gasteiger partial charge >= 0.3 is 0 Å². The highest BCUT2D eigenvalue weighted by Crippen LogP contribution is 2.24. The lowest BCUT2D eigenvalue weighted by molar-refractivity contribution is 0.0949. The summed E-state index contributed by atoms with van der Waals surface area (Å²) >= 11 is 1.31. The molecule has 0 fully saturated rings. The number of phenolic OH excluding ortho intramolecular Hbond substituents is 1. The summed E-state index contributed by atoms with van der Waals surface area (Å²) in [4.78, 5) is 12.8. The Morgan fingerprint density at radius 3 is 2.88 bits per heavy atom. The first-order chi connectivity index (χ1) is 15.4. The number of aromatic nitrogens is 8. The average Bonchev–Trinajstić information content (AvgIpc) is 3.49. The Hall–Kier alpha value is -4.27. The van der Waals surface area contributed by atoms with Crippen LogP contribution in [0.4, 0.5) is 5.82 Å². The highest BCUT2D eigenvalue weighted by molar-refractivity contribution is 7.98. The number of benzene rings is 1. The number of nitrogens with one attached hydrogen (secondary N) is 1. The number of amides is 1. The lowest BCUT2D eigenvalue weighted by Crippen LogP contribution is -2.21. The third-order valence-corrected chi connectivity index (χ3v) is 5.32. The average molecular weight is 455 g/mol. The van der Waals surface area contributed by atoms with E-state index in [4.69, 9.17) is 5.73 Å². The summed E-state index contributed by atoms with van der Waals surface area (Å²) in [6.45, 7) is 1.69. The Bertz CT molecular complexity index is 1290. The number of hydrogen-bond acceptors (Lipinski definition) is 12. The molecule has 1 amide bonds. The molecule has 14 nitrogen and oxygen atoms in total. The van der Waals surface area contributed by atoms with Gasteiger partial charge in [0.05, 0.1) is 11.4 Å². The van der Waals surface area contributed by atoms with Crippen molar-refractivity contribution in [2.24, 2.45) is 12.1 Å². The summed E-state index contributed by atoms with van der Waals surface area (Å²) in [5.74, 6) is -0.175. The number of hydrogen-bond donors (Lipinski definition) is 3. The van der Waals surface area contributed by atoms with Gasteiger partial charge in [-0.3, -0.25) is 4.79 Å². The van der Waals surface area contributed by atoms with Gasteiger partial charge in [0.15, 0.2) is 10.9 Å². The van der Waals surface area contributed by atoms with E-state index in [-0.39, 0.29) is 28.8 Å². The standard InChI is InChI=1S/C17H17N11O3S/c1-9(10-4-3-5-11(29)6-10)20-22-16(30)13-12(7-32-17-23-19-8-27(17)2)28(26-21-13)15-14(18)24-31-25-15/h3-6,8,29H,7H2,1-2H3,(H2,18,24)(H,22,30). The maximum absolute atomic E-state index is 12.8. The number of aryl methyl sites for hydroxylation is 1. The maximum atomic E-state index is 12.8. The molecule has 32 heavy (non-hydrogen) atoms. The second-order valence-corrected chi connectivity index (χ2v) is 7.41. The van der Waals surface area contributed by atoms with Gasteiger partial charge in [-0.2, -0.15) is 9.78 Å². The van der Waals surface area contributed by atoms with Crippen LogP contribution in [0.5, 0.6) is 5.75 Å². The molecule has 164 valence electrons. The summed E-state index contributed by atoms with van der Waals surface area (Å²) in [5.41, 5.74) is 9.76. The Kier molecular flexibility index (Phi) is 5.80. The zero-order valence-electron chi connectivity index (χ0n) is 16.9. The van der Waals surface area contributed by atoms with Gasteiger partial charge in [-0.15, -0.1) is 15.3 Å². The number of nitrogens with two attached hydrogens (primary N) is 1. The molecule has 4 N–H and O–H groups in total. The summed E-state index contributed by atoms with van der Waals surface area (Å²) in [6.07, 6.45) is 1.56. The number of carbonyl (C=O) groups excluding carboxylic acids is 1. The fourth-order valence-corrected chi connectivity index (χ4v) is 3.52. The molecular weight excluding hydrogens is 438 g/mol. The Morgan fingerprint density at radius 1 is 1.34 bits per heavy atom. The third-order valence-electron chi connectivity index (χ3n) is 4.27. The molecule has 0 aliphatic rings. The minimum absolute atomic E-state index is 0.00882. The van der Waals surface area contributed by atoms with E-state index >= 15 is 0 Å². The van der Waals surface area contributed by atoms with Gasteiger partial charge in [-0.05, 0) is 29.4 Å². The molecule has 4 rings (SSSR count). The number of rotatable bonds is 7. The Balaban J connectivity index is 1.61. The number of thioether (sulfide) groups is 1. The van der Waals surface area contributed by atoms with E-state index in [0.29, 0.717) is 22.1 Å². The fraction of sp³-hybridized carbons (Fsp3) is 0.176. The number of nitrogens with zero attached hydrogens (tertiary/aromatic N) is 9. The smallest absolute Gasteiger partial charge is 0.293 e. The van der Waals surface area contributed by atoms with Crippen molar-refractivity contribution in [3.63, 3.8) is 0 Å². The van der Waals surface area contributed by atoms with Gasteiger partial charge in [-0.25, -0.2) is 10.1 Å². The molecule has 0 spiro atoms. The molecule has 0 aliphatic carbocycles. The van der Waals surface area contributed by atoms with E-state index in [1.807, 2.05) is 0 Å². The van der Waals surface area contributed by atoms with E-state index in [1.165, 1.54) is 22.5 Å². The van der Waals surface area contributed by atoms with Crippen molar-refractivity contribution in [3.05, 3.63) is 47.5 Å². The molecule has 0 bridgehead atoms. The Morgan fingerprint density at radius 2 is 2.19 bits per heavy atom. The summed E-state index contributed by atoms with van der Waals surface area (Å²) < 4.78 is 7.65. The van der Waals surface area contributed by atoms with E-state index in [9.17, 15) is 9.90 Å². The highest BCUT2D eigenvalue weighted by atomic mass is 32.2. The number of anilines is 1. The number of nitrogen functional groups attached to an aromatic ring is 1. The van der Waals surface area contributed by atoms with E-state index in [0.717, 1.165) is 0 Å². The first-order valence-corrected chi connectivity index (χ1v) is 10.1. The third kappa shape index (κ3) is 4.27. The van der Waals surface area contributed by atoms with Crippen LogP contribution in [0.2, 0.25) is 0 Å². The zero-order chi connectivity index (χ0) is 22.7. The minimum Gasteiger partial charge on any atom is -0.508 e. The van der Waals surface area contributed by atoms with Crippen LogP contribution in [-0.2, 0) is 12.8 Å². The van der Waals surface area contributed by atoms with E-state index in [1.54, 1.807) is 43.1 Å². The minimum atomic E-state index is -0.598. The summed E-state index contributed by atoms with van der Waals surface area (Å²) in [5, 5.41) is 37.4. The molecule has 0 aliphatic heterocycles. The van der Waals surface area contributed by atoms with E-state index < -0.39 is 5.91 Å². The topological polar surface area (TPSA) is 188 Å². The van der Waals surface area contributed by atoms with Crippen molar-refractivity contribution >= 4 is 29.2 Å². The van der Waals surface area contributed by atoms with Gasteiger partial charge in [0.2, 0.25) is 11.6 Å². The molecular formula is C17H17N11O3S. The van der Waals surface area contributed by atoms with Gasteiger partial charge < -0.3 is 15.4 Å². The molecule has 4 aromatic rings. The molecule has 0 unspecified atom stereocenters. The van der Waals surface area contributed by atoms with Crippen LogP contribution in [-0.4, -0.2) is 56.8 Å². The predicted octanol–water partition coefficient (Wildman–Crippen LogP) is 0.513. The van der Waals surface area contributed by atoms with Crippen LogP contribution in [0, 0.1) is 0 Å². The van der Waals surface area contributed by atoms with Crippen LogP contribution in [0.3, 0.4) is 0 Å². The van der Waals surface area contributed by atoms with Crippen LogP contribution in [0.1, 0.15) is 28.7 Å².